The molecule has 0 saturated carbocycles. The molecule has 1 rings (SSSR count). The van der Waals surface area contributed by atoms with Gasteiger partial charge in [-0.1, -0.05) is 12.1 Å². The summed E-state index contributed by atoms with van der Waals surface area (Å²) in [5.74, 6) is 0.690. The highest BCUT2D eigenvalue weighted by Crippen LogP contribution is 2.28. The molecule has 5 heteroatoms. The number of nitriles is 1. The van der Waals surface area contributed by atoms with Crippen LogP contribution in [0.3, 0.4) is 0 Å². The van der Waals surface area contributed by atoms with Crippen LogP contribution in [0.25, 0.3) is 0 Å². The molecule has 0 spiro atoms. The number of hydrogen-bond acceptors (Lipinski definition) is 5. The maximum Gasteiger partial charge on any atom is 0.160 e. The van der Waals surface area contributed by atoms with Crippen molar-refractivity contribution in [2.75, 3.05) is 26.6 Å². The number of ether oxygens (including phenoxy) is 3. The minimum Gasteiger partial charge on any atom is -0.495 e. The van der Waals surface area contributed by atoms with Crippen molar-refractivity contribution in [3.8, 4) is 11.8 Å². The number of nitrogens with one attached hydrogen (secondary N) is 1. The quantitative estimate of drug-likeness (QED) is 0.766. The summed E-state index contributed by atoms with van der Waals surface area (Å²) in [6, 6.07) is 9.71. The monoisotopic (exact) mass is 264 g/mol. The maximum atomic E-state index is 9.39. The van der Waals surface area contributed by atoms with Gasteiger partial charge in [0.2, 0.25) is 0 Å². The fourth-order valence-corrected chi connectivity index (χ4v) is 1.77. The predicted molar refractivity (Wildman–Crippen MR) is 73.1 cm³/mol. The molecule has 0 aromatic heterocycles. The summed E-state index contributed by atoms with van der Waals surface area (Å²) in [7, 11) is 4.70. The maximum absolute atomic E-state index is 9.39. The van der Waals surface area contributed by atoms with Gasteiger partial charge in [0, 0.05) is 20.6 Å². The van der Waals surface area contributed by atoms with E-state index < -0.39 is 11.8 Å². The Morgan fingerprint density at radius 2 is 1.89 bits per heavy atom. The van der Waals surface area contributed by atoms with E-state index in [0.717, 1.165) is 5.69 Å². The van der Waals surface area contributed by atoms with E-state index in [2.05, 4.69) is 11.4 Å². The molecule has 0 aliphatic rings. The van der Waals surface area contributed by atoms with Gasteiger partial charge in [-0.3, -0.25) is 0 Å². The summed E-state index contributed by atoms with van der Waals surface area (Å²) in [6.07, 6.45) is -0.0407. The van der Waals surface area contributed by atoms with Crippen LogP contribution < -0.4 is 10.1 Å². The average molecular weight is 264 g/mol. The number of para-hydroxylation sites is 2. The first kappa shape index (κ1) is 15.3. The lowest BCUT2D eigenvalue weighted by atomic mass is 9.98. The van der Waals surface area contributed by atoms with Crippen LogP contribution >= 0.6 is 0 Å². The molecule has 0 fully saturated rings. The summed E-state index contributed by atoms with van der Waals surface area (Å²) in [5, 5.41) is 12.6. The van der Waals surface area contributed by atoms with Gasteiger partial charge >= 0.3 is 0 Å². The van der Waals surface area contributed by atoms with E-state index in [4.69, 9.17) is 14.2 Å². The zero-order chi connectivity index (χ0) is 14.3. The molecule has 0 saturated heterocycles. The summed E-state index contributed by atoms with van der Waals surface area (Å²) in [6.45, 7) is 1.80. The van der Waals surface area contributed by atoms with Crippen molar-refractivity contribution in [3.63, 3.8) is 0 Å². The molecule has 0 radical (unpaired) electrons. The van der Waals surface area contributed by atoms with Gasteiger partial charge in [0.1, 0.15) is 11.3 Å². The molecule has 1 aromatic rings. The molecule has 0 amide bonds. The highest BCUT2D eigenvalue weighted by molar-refractivity contribution is 5.58. The Hall–Kier alpha value is -1.77. The van der Waals surface area contributed by atoms with Crippen molar-refractivity contribution in [3.05, 3.63) is 24.3 Å². The first-order chi connectivity index (χ1) is 9.08. The second kappa shape index (κ2) is 6.98. The van der Waals surface area contributed by atoms with E-state index in [1.165, 1.54) is 0 Å². The topological polar surface area (TPSA) is 63.5 Å². The highest BCUT2D eigenvalue weighted by Gasteiger charge is 2.29. The first-order valence-electron chi connectivity index (χ1n) is 5.96. The fourth-order valence-electron chi connectivity index (χ4n) is 1.77. The third-order valence-corrected chi connectivity index (χ3v) is 2.86. The number of rotatable bonds is 7. The predicted octanol–water partition coefficient (Wildman–Crippen LogP) is 2.40. The largest absolute Gasteiger partial charge is 0.495 e. The zero-order valence-corrected chi connectivity index (χ0v) is 11.8. The molecule has 0 heterocycles. The van der Waals surface area contributed by atoms with Gasteiger partial charge in [0.15, 0.2) is 6.29 Å². The molecular formula is C14H20N2O3. The lowest BCUT2D eigenvalue weighted by Gasteiger charge is -2.28. The average Bonchev–Trinajstić information content (AvgIpc) is 2.45. The molecule has 104 valence electrons. The van der Waals surface area contributed by atoms with Crippen LogP contribution in [0.2, 0.25) is 0 Å². The number of hydrogen-bond donors (Lipinski definition) is 1. The third-order valence-electron chi connectivity index (χ3n) is 2.86. The number of nitrogens with zero attached hydrogens (tertiary/aromatic N) is 1. The van der Waals surface area contributed by atoms with Crippen molar-refractivity contribution in [1.82, 2.24) is 0 Å². The van der Waals surface area contributed by atoms with E-state index in [-0.39, 0.29) is 0 Å². The van der Waals surface area contributed by atoms with Gasteiger partial charge in [0.05, 0.1) is 18.9 Å². The number of anilines is 1. The van der Waals surface area contributed by atoms with Crippen LogP contribution in [0.4, 0.5) is 5.69 Å². The SMILES string of the molecule is COc1ccccc1NC(C)(C#N)CC(OC)OC. The van der Waals surface area contributed by atoms with Crippen molar-refractivity contribution in [2.24, 2.45) is 0 Å². The van der Waals surface area contributed by atoms with Crippen LogP contribution in [0.1, 0.15) is 13.3 Å². The van der Waals surface area contributed by atoms with Crippen molar-refractivity contribution in [2.45, 2.75) is 25.2 Å². The molecule has 0 aliphatic heterocycles. The molecule has 5 nitrogen and oxygen atoms in total. The molecule has 1 N–H and O–H groups in total. The van der Waals surface area contributed by atoms with E-state index in [1.807, 2.05) is 24.3 Å². The molecule has 19 heavy (non-hydrogen) atoms. The van der Waals surface area contributed by atoms with E-state index >= 15 is 0 Å². The van der Waals surface area contributed by atoms with Crippen LogP contribution in [-0.4, -0.2) is 33.2 Å². The number of benzene rings is 1. The molecule has 1 unspecified atom stereocenters. The molecular weight excluding hydrogens is 244 g/mol. The second-order valence-corrected chi connectivity index (χ2v) is 4.37. The lowest BCUT2D eigenvalue weighted by Crippen LogP contribution is -2.38. The van der Waals surface area contributed by atoms with Crippen molar-refractivity contribution in [1.29, 1.82) is 5.26 Å². The van der Waals surface area contributed by atoms with Crippen LogP contribution in [0.5, 0.6) is 5.75 Å². The Bertz CT molecular complexity index is 441. The summed E-state index contributed by atoms with van der Waals surface area (Å²) in [5.41, 5.74) is -0.0503. The molecule has 1 atom stereocenters. The lowest BCUT2D eigenvalue weighted by molar-refractivity contribution is -0.111. The van der Waals surface area contributed by atoms with Gasteiger partial charge < -0.3 is 19.5 Å². The van der Waals surface area contributed by atoms with Gasteiger partial charge in [0.25, 0.3) is 0 Å². The van der Waals surface area contributed by atoms with E-state index in [9.17, 15) is 5.26 Å². The summed E-state index contributed by atoms with van der Waals surface area (Å²) in [4.78, 5) is 0. The van der Waals surface area contributed by atoms with Crippen molar-refractivity contribution < 1.29 is 14.2 Å². The molecule has 1 aromatic carbocycles. The minimum atomic E-state index is -0.814. The van der Waals surface area contributed by atoms with E-state index in [0.29, 0.717) is 12.2 Å². The van der Waals surface area contributed by atoms with Crippen LogP contribution in [0.15, 0.2) is 24.3 Å². The Labute approximate surface area is 114 Å². The smallest absolute Gasteiger partial charge is 0.160 e. The van der Waals surface area contributed by atoms with Gasteiger partial charge in [-0.2, -0.15) is 5.26 Å². The van der Waals surface area contributed by atoms with E-state index in [1.54, 1.807) is 28.3 Å². The second-order valence-electron chi connectivity index (χ2n) is 4.37. The summed E-state index contributed by atoms with van der Waals surface area (Å²) >= 11 is 0. The molecule has 0 bridgehead atoms. The Kier molecular flexibility index (Phi) is 5.61. The standard InChI is InChI=1S/C14H20N2O3/c1-14(10-15,9-13(18-3)19-4)16-11-7-5-6-8-12(11)17-2/h5-8,13,16H,9H2,1-4H3. The Balaban J connectivity index is 2.89. The summed E-state index contributed by atoms with van der Waals surface area (Å²) < 4.78 is 15.6. The first-order valence-corrected chi connectivity index (χ1v) is 5.96. The fraction of sp³-hybridized carbons (Fsp3) is 0.500. The normalized spacial score (nSPS) is 13.7. The third kappa shape index (κ3) is 4.12. The van der Waals surface area contributed by atoms with Crippen LogP contribution in [-0.2, 0) is 9.47 Å². The highest BCUT2D eigenvalue weighted by atomic mass is 16.7. The number of methoxy groups -OCH3 is 3. The molecule has 0 aliphatic carbocycles. The van der Waals surface area contributed by atoms with Gasteiger partial charge in [-0.25, -0.2) is 0 Å². The van der Waals surface area contributed by atoms with Crippen LogP contribution in [0, 0.1) is 11.3 Å². The Morgan fingerprint density at radius 3 is 2.42 bits per heavy atom. The zero-order valence-electron chi connectivity index (χ0n) is 11.8. The Morgan fingerprint density at radius 1 is 1.26 bits per heavy atom. The minimum absolute atomic E-state index is 0.397. The van der Waals surface area contributed by atoms with Gasteiger partial charge in [-0.05, 0) is 19.1 Å². The van der Waals surface area contributed by atoms with Crippen molar-refractivity contribution >= 4 is 5.69 Å². The van der Waals surface area contributed by atoms with Gasteiger partial charge in [-0.15, -0.1) is 0 Å².